The Morgan fingerprint density at radius 2 is 2.03 bits per heavy atom. The van der Waals surface area contributed by atoms with Crippen LogP contribution in [0.5, 0.6) is 0 Å². The first kappa shape index (κ1) is 22.8. The van der Waals surface area contributed by atoms with Crippen molar-refractivity contribution in [2.75, 3.05) is 25.6 Å². The number of imide groups is 1. The van der Waals surface area contributed by atoms with E-state index in [1.165, 1.54) is 13.2 Å². The Labute approximate surface area is 169 Å². The van der Waals surface area contributed by atoms with E-state index in [9.17, 15) is 18.8 Å². The van der Waals surface area contributed by atoms with Crippen LogP contribution in [-0.2, 0) is 20.9 Å². The van der Waals surface area contributed by atoms with Crippen LogP contribution in [0.4, 0.5) is 10.1 Å². The van der Waals surface area contributed by atoms with E-state index < -0.39 is 23.7 Å². The molecule has 1 fully saturated rings. The van der Waals surface area contributed by atoms with Crippen molar-refractivity contribution in [3.63, 3.8) is 0 Å². The van der Waals surface area contributed by atoms with Crippen LogP contribution in [0.25, 0.3) is 0 Å². The van der Waals surface area contributed by atoms with Gasteiger partial charge in [-0.2, -0.15) is 0 Å². The van der Waals surface area contributed by atoms with E-state index >= 15 is 0 Å². The second-order valence-corrected chi connectivity index (χ2v) is 6.93. The molecule has 0 bridgehead atoms. The lowest BCUT2D eigenvalue weighted by atomic mass is 10.0. The molecule has 1 heterocycles. The van der Waals surface area contributed by atoms with Crippen LogP contribution in [0.15, 0.2) is 12.1 Å². The minimum atomic E-state index is -0.667. The number of unbranched alkanes of at least 4 members (excludes halogenated alkanes) is 3. The summed E-state index contributed by atoms with van der Waals surface area (Å²) in [5.74, 6) is -1.95. The summed E-state index contributed by atoms with van der Waals surface area (Å²) >= 11 is 0. The molecule has 1 saturated heterocycles. The molecular formula is C20H28FN3O5. The summed E-state index contributed by atoms with van der Waals surface area (Å²) in [6.45, 7) is 0.864. The fourth-order valence-corrected chi connectivity index (χ4v) is 3.13. The second-order valence-electron chi connectivity index (χ2n) is 6.93. The van der Waals surface area contributed by atoms with Gasteiger partial charge in [0.05, 0.1) is 24.4 Å². The van der Waals surface area contributed by atoms with Crippen molar-refractivity contribution < 1.29 is 28.6 Å². The van der Waals surface area contributed by atoms with Gasteiger partial charge in [0.15, 0.2) is 0 Å². The van der Waals surface area contributed by atoms with Crippen LogP contribution >= 0.6 is 0 Å². The highest BCUT2D eigenvalue weighted by molar-refractivity contribution is 6.00. The maximum Gasteiger partial charge on any atom is 0.338 e. The number of halogens is 1. The molecule has 1 aromatic rings. The highest BCUT2D eigenvalue weighted by atomic mass is 19.1. The number of aliphatic hydroxyl groups is 1. The molecular weight excluding hydrogens is 381 g/mol. The topological polar surface area (TPSA) is 117 Å². The first-order valence-electron chi connectivity index (χ1n) is 9.78. The average molecular weight is 409 g/mol. The Bertz CT molecular complexity index is 741. The third-order valence-electron chi connectivity index (χ3n) is 4.78. The van der Waals surface area contributed by atoms with E-state index in [0.29, 0.717) is 18.5 Å². The molecule has 4 N–H and O–H groups in total. The Morgan fingerprint density at radius 3 is 2.72 bits per heavy atom. The van der Waals surface area contributed by atoms with Crippen molar-refractivity contribution in [1.29, 1.82) is 0 Å². The van der Waals surface area contributed by atoms with E-state index in [4.69, 9.17) is 9.84 Å². The van der Waals surface area contributed by atoms with Gasteiger partial charge in [-0.05, 0) is 37.0 Å². The Morgan fingerprint density at radius 1 is 1.28 bits per heavy atom. The van der Waals surface area contributed by atoms with Gasteiger partial charge in [-0.15, -0.1) is 0 Å². The average Bonchev–Trinajstić information content (AvgIpc) is 2.70. The van der Waals surface area contributed by atoms with Crippen LogP contribution in [0.3, 0.4) is 0 Å². The Balaban J connectivity index is 2.05. The van der Waals surface area contributed by atoms with E-state index in [1.807, 2.05) is 0 Å². The highest BCUT2D eigenvalue weighted by Gasteiger charge is 2.26. The van der Waals surface area contributed by atoms with Gasteiger partial charge in [0.1, 0.15) is 5.82 Å². The van der Waals surface area contributed by atoms with E-state index in [1.54, 1.807) is 0 Å². The fraction of sp³-hybridized carbons (Fsp3) is 0.550. The summed E-state index contributed by atoms with van der Waals surface area (Å²) in [7, 11) is 1.22. The lowest BCUT2D eigenvalue weighted by Crippen LogP contribution is -2.50. The van der Waals surface area contributed by atoms with Gasteiger partial charge in [-0.3, -0.25) is 14.9 Å². The number of hydrogen-bond donors (Lipinski definition) is 4. The van der Waals surface area contributed by atoms with E-state index in [2.05, 4.69) is 16.0 Å². The number of carbonyl (C=O) groups excluding carboxylic acids is 3. The van der Waals surface area contributed by atoms with Gasteiger partial charge in [0.2, 0.25) is 11.8 Å². The molecule has 0 aliphatic carbocycles. The normalized spacial score (nSPS) is 16.4. The number of rotatable bonds is 11. The number of benzene rings is 1. The predicted molar refractivity (Wildman–Crippen MR) is 105 cm³/mol. The molecule has 160 valence electrons. The largest absolute Gasteiger partial charge is 0.465 e. The number of ether oxygens (including phenoxy) is 1. The van der Waals surface area contributed by atoms with Crippen molar-refractivity contribution in [2.45, 2.75) is 51.1 Å². The third-order valence-corrected chi connectivity index (χ3v) is 4.78. The molecule has 1 unspecified atom stereocenters. The number of piperidine rings is 1. The minimum absolute atomic E-state index is 0.0817. The van der Waals surface area contributed by atoms with Crippen LogP contribution in [-0.4, -0.2) is 49.2 Å². The Hall–Kier alpha value is -2.52. The number of methoxy groups -OCH3 is 1. The number of hydrogen-bond acceptors (Lipinski definition) is 7. The monoisotopic (exact) mass is 409 g/mol. The molecule has 1 aromatic carbocycles. The summed E-state index contributed by atoms with van der Waals surface area (Å²) in [6.07, 6.45) is 3.99. The van der Waals surface area contributed by atoms with Crippen LogP contribution in [0, 0.1) is 5.82 Å². The molecule has 2 amide bonds. The molecule has 29 heavy (non-hydrogen) atoms. The van der Waals surface area contributed by atoms with Crippen molar-refractivity contribution in [3.8, 4) is 0 Å². The molecule has 0 saturated carbocycles. The number of aliphatic hydroxyl groups excluding tert-OH is 1. The standard InChI is InChI=1S/C20H28FN3O5/c1-29-20(28)14-11-15(21)17(22-8-4-2-3-5-9-25)10-13(14)12-23-16-6-7-18(26)24-19(16)27/h10-11,16,22-23,25H,2-9,12H2,1H3,(H,24,26,27). The molecule has 1 aliphatic heterocycles. The van der Waals surface area contributed by atoms with Gasteiger partial charge in [-0.25, -0.2) is 9.18 Å². The highest BCUT2D eigenvalue weighted by Crippen LogP contribution is 2.22. The van der Waals surface area contributed by atoms with Crippen LogP contribution in [0.1, 0.15) is 54.4 Å². The number of nitrogens with one attached hydrogen (secondary N) is 3. The zero-order valence-electron chi connectivity index (χ0n) is 16.6. The molecule has 0 spiro atoms. The molecule has 0 aromatic heterocycles. The summed E-state index contributed by atoms with van der Waals surface area (Å²) in [4.78, 5) is 35.2. The molecule has 1 aliphatic rings. The van der Waals surface area contributed by atoms with E-state index in [0.717, 1.165) is 31.7 Å². The van der Waals surface area contributed by atoms with Crippen molar-refractivity contribution >= 4 is 23.5 Å². The molecule has 9 heteroatoms. The quantitative estimate of drug-likeness (QED) is 0.248. The van der Waals surface area contributed by atoms with Crippen molar-refractivity contribution in [3.05, 3.63) is 29.1 Å². The van der Waals surface area contributed by atoms with Gasteiger partial charge >= 0.3 is 5.97 Å². The van der Waals surface area contributed by atoms with Crippen molar-refractivity contribution in [2.24, 2.45) is 0 Å². The van der Waals surface area contributed by atoms with Gasteiger partial charge in [0, 0.05) is 26.1 Å². The lowest BCUT2D eigenvalue weighted by Gasteiger charge is -2.22. The zero-order chi connectivity index (χ0) is 21.2. The summed E-state index contributed by atoms with van der Waals surface area (Å²) in [5.41, 5.74) is 0.837. The molecule has 0 radical (unpaired) electrons. The molecule has 2 rings (SSSR count). The third kappa shape index (κ3) is 6.79. The maximum atomic E-state index is 14.4. The first-order valence-corrected chi connectivity index (χ1v) is 9.78. The predicted octanol–water partition coefficient (Wildman–Crippen LogP) is 1.47. The summed E-state index contributed by atoms with van der Waals surface area (Å²) in [5, 5.41) is 17.1. The van der Waals surface area contributed by atoms with Crippen molar-refractivity contribution in [1.82, 2.24) is 10.6 Å². The second kappa shape index (κ2) is 11.5. The zero-order valence-corrected chi connectivity index (χ0v) is 16.6. The lowest BCUT2D eigenvalue weighted by molar-refractivity contribution is -0.134. The number of amides is 2. The molecule has 8 nitrogen and oxygen atoms in total. The molecule has 1 atom stereocenters. The first-order chi connectivity index (χ1) is 14.0. The Kier molecular flexibility index (Phi) is 9.01. The summed E-state index contributed by atoms with van der Waals surface area (Å²) < 4.78 is 19.2. The fourth-order valence-electron chi connectivity index (χ4n) is 3.13. The van der Waals surface area contributed by atoms with Crippen LogP contribution < -0.4 is 16.0 Å². The number of carbonyl (C=O) groups is 3. The van der Waals surface area contributed by atoms with Crippen LogP contribution in [0.2, 0.25) is 0 Å². The van der Waals surface area contributed by atoms with Gasteiger partial charge in [-0.1, -0.05) is 12.8 Å². The smallest absolute Gasteiger partial charge is 0.338 e. The van der Waals surface area contributed by atoms with Gasteiger partial charge < -0.3 is 20.5 Å². The summed E-state index contributed by atoms with van der Waals surface area (Å²) in [6, 6.07) is 2.10. The van der Waals surface area contributed by atoms with Gasteiger partial charge in [0.25, 0.3) is 0 Å². The minimum Gasteiger partial charge on any atom is -0.465 e. The number of esters is 1. The maximum absolute atomic E-state index is 14.4. The van der Waals surface area contributed by atoms with E-state index in [-0.39, 0.29) is 36.7 Å². The SMILES string of the molecule is COC(=O)c1cc(F)c(NCCCCCCO)cc1CNC1CCC(=O)NC1=O. The number of anilines is 1.